The van der Waals surface area contributed by atoms with E-state index >= 15 is 0 Å². The van der Waals surface area contributed by atoms with E-state index in [4.69, 9.17) is 0 Å². The van der Waals surface area contributed by atoms with Gasteiger partial charge < -0.3 is 10.6 Å². The van der Waals surface area contributed by atoms with Crippen molar-refractivity contribution in [1.82, 2.24) is 10.6 Å². The maximum Gasteiger partial charge on any atom is 0.242 e. The van der Waals surface area contributed by atoms with Gasteiger partial charge in [0.15, 0.2) is 6.29 Å². The fourth-order valence-corrected chi connectivity index (χ4v) is 0.979. The standard InChI is InChI=1S/C10H18N2O2/c1-4-5-6-12-10(8(2)11-3)9(14)7-13/h7,11-12H,4-6H2,1-3H3/b10-8-. The van der Waals surface area contributed by atoms with Gasteiger partial charge >= 0.3 is 0 Å². The SMILES string of the molecule is CCCCN/C(C(=O)C=O)=C(/C)NC. The first-order valence-electron chi connectivity index (χ1n) is 4.79. The van der Waals surface area contributed by atoms with Crippen LogP contribution >= 0.6 is 0 Å². The molecule has 0 aliphatic rings. The van der Waals surface area contributed by atoms with E-state index in [-0.39, 0.29) is 0 Å². The highest BCUT2D eigenvalue weighted by Gasteiger charge is 2.10. The molecule has 0 aromatic carbocycles. The fraction of sp³-hybridized carbons (Fsp3) is 0.600. The van der Waals surface area contributed by atoms with Crippen LogP contribution in [0.5, 0.6) is 0 Å². The van der Waals surface area contributed by atoms with Gasteiger partial charge in [0.05, 0.1) is 0 Å². The van der Waals surface area contributed by atoms with E-state index in [1.54, 1.807) is 14.0 Å². The van der Waals surface area contributed by atoms with Crippen LogP contribution in [0.1, 0.15) is 26.7 Å². The van der Waals surface area contributed by atoms with Gasteiger partial charge in [0, 0.05) is 19.3 Å². The first-order valence-corrected chi connectivity index (χ1v) is 4.79. The summed E-state index contributed by atoms with van der Waals surface area (Å²) in [4.78, 5) is 21.5. The Hall–Kier alpha value is -1.32. The molecule has 0 aliphatic heterocycles. The van der Waals surface area contributed by atoms with Crippen molar-refractivity contribution in [3.05, 3.63) is 11.4 Å². The van der Waals surface area contributed by atoms with Crippen LogP contribution in [0.3, 0.4) is 0 Å². The number of hydrogen-bond acceptors (Lipinski definition) is 4. The zero-order chi connectivity index (χ0) is 11.0. The summed E-state index contributed by atoms with van der Waals surface area (Å²) in [5.41, 5.74) is 1.06. The highest BCUT2D eigenvalue weighted by atomic mass is 16.2. The molecular formula is C10H18N2O2. The highest BCUT2D eigenvalue weighted by molar-refractivity contribution is 6.32. The number of carbonyl (C=O) groups excluding carboxylic acids is 2. The monoisotopic (exact) mass is 198 g/mol. The molecule has 0 amide bonds. The van der Waals surface area contributed by atoms with E-state index in [1.807, 2.05) is 0 Å². The average molecular weight is 198 g/mol. The second kappa shape index (κ2) is 7.12. The van der Waals surface area contributed by atoms with Crippen LogP contribution in [0, 0.1) is 0 Å². The summed E-state index contributed by atoms with van der Waals surface area (Å²) in [6, 6.07) is 0. The quantitative estimate of drug-likeness (QED) is 0.272. The predicted molar refractivity (Wildman–Crippen MR) is 55.7 cm³/mol. The predicted octanol–water partition coefficient (Wildman–Crippen LogP) is 0.595. The number of ketones is 1. The van der Waals surface area contributed by atoms with E-state index in [2.05, 4.69) is 17.6 Å². The molecule has 0 radical (unpaired) electrons. The summed E-state index contributed by atoms with van der Waals surface area (Å²) in [6.07, 6.45) is 2.36. The molecular weight excluding hydrogens is 180 g/mol. The summed E-state index contributed by atoms with van der Waals surface area (Å²) >= 11 is 0. The van der Waals surface area contributed by atoms with Crippen molar-refractivity contribution < 1.29 is 9.59 Å². The minimum atomic E-state index is -0.507. The van der Waals surface area contributed by atoms with Crippen molar-refractivity contribution in [1.29, 1.82) is 0 Å². The Bertz CT molecular complexity index is 234. The molecule has 2 N–H and O–H groups in total. The zero-order valence-corrected chi connectivity index (χ0v) is 9.02. The van der Waals surface area contributed by atoms with Gasteiger partial charge in [-0.2, -0.15) is 0 Å². The second-order valence-corrected chi connectivity index (χ2v) is 3.01. The number of allylic oxidation sites excluding steroid dienone is 2. The minimum Gasteiger partial charge on any atom is -0.390 e. The van der Waals surface area contributed by atoms with E-state index in [1.165, 1.54) is 0 Å². The Morgan fingerprint density at radius 2 is 2.07 bits per heavy atom. The minimum absolute atomic E-state index is 0.328. The van der Waals surface area contributed by atoms with E-state index in [0.29, 0.717) is 24.2 Å². The van der Waals surface area contributed by atoms with Gasteiger partial charge in [-0.15, -0.1) is 0 Å². The molecule has 0 saturated carbocycles. The normalized spacial score (nSPS) is 11.6. The van der Waals surface area contributed by atoms with Gasteiger partial charge in [-0.3, -0.25) is 9.59 Å². The van der Waals surface area contributed by atoms with E-state index in [9.17, 15) is 9.59 Å². The summed E-state index contributed by atoms with van der Waals surface area (Å²) < 4.78 is 0. The lowest BCUT2D eigenvalue weighted by Crippen LogP contribution is -2.26. The third-order valence-corrected chi connectivity index (χ3v) is 1.94. The zero-order valence-electron chi connectivity index (χ0n) is 9.02. The summed E-state index contributed by atoms with van der Waals surface area (Å²) in [6.45, 7) is 4.54. The molecule has 0 bridgehead atoms. The van der Waals surface area contributed by atoms with Gasteiger partial charge in [-0.1, -0.05) is 13.3 Å². The van der Waals surface area contributed by atoms with Gasteiger partial charge in [-0.05, 0) is 13.3 Å². The first-order chi connectivity index (χ1) is 6.67. The molecule has 0 heterocycles. The topological polar surface area (TPSA) is 58.2 Å². The van der Waals surface area contributed by atoms with Crippen molar-refractivity contribution in [3.8, 4) is 0 Å². The largest absolute Gasteiger partial charge is 0.390 e. The highest BCUT2D eigenvalue weighted by Crippen LogP contribution is 1.98. The number of nitrogens with one attached hydrogen (secondary N) is 2. The van der Waals surface area contributed by atoms with Gasteiger partial charge in [0.25, 0.3) is 0 Å². The molecule has 4 nitrogen and oxygen atoms in total. The number of aldehydes is 1. The Morgan fingerprint density at radius 1 is 1.43 bits per heavy atom. The van der Waals surface area contributed by atoms with Crippen LogP contribution in [0.2, 0.25) is 0 Å². The van der Waals surface area contributed by atoms with Crippen molar-refractivity contribution in [3.63, 3.8) is 0 Å². The molecule has 0 aromatic rings. The fourth-order valence-electron chi connectivity index (χ4n) is 0.979. The Balaban J connectivity index is 4.41. The van der Waals surface area contributed by atoms with E-state index < -0.39 is 5.78 Å². The van der Waals surface area contributed by atoms with Crippen molar-refractivity contribution >= 4 is 12.1 Å². The first kappa shape index (κ1) is 12.7. The molecule has 0 saturated heterocycles. The Morgan fingerprint density at radius 3 is 2.50 bits per heavy atom. The smallest absolute Gasteiger partial charge is 0.242 e. The molecule has 0 unspecified atom stereocenters. The van der Waals surface area contributed by atoms with Crippen molar-refractivity contribution in [2.75, 3.05) is 13.6 Å². The molecule has 0 fully saturated rings. The maximum absolute atomic E-state index is 11.2. The van der Waals surface area contributed by atoms with Crippen molar-refractivity contribution in [2.24, 2.45) is 0 Å². The van der Waals surface area contributed by atoms with Crippen molar-refractivity contribution in [2.45, 2.75) is 26.7 Å². The number of Topliss-reactive ketones (excluding diaryl/α,β-unsaturated/α-hetero) is 1. The maximum atomic E-state index is 11.2. The Labute approximate surface area is 84.8 Å². The molecule has 0 aliphatic carbocycles. The summed E-state index contributed by atoms with van der Waals surface area (Å²) in [5.74, 6) is -0.507. The van der Waals surface area contributed by atoms with Crippen LogP contribution in [0.15, 0.2) is 11.4 Å². The number of rotatable bonds is 7. The molecule has 0 aromatic heterocycles. The molecule has 4 heteroatoms. The van der Waals surface area contributed by atoms with Crippen LogP contribution < -0.4 is 10.6 Å². The third kappa shape index (κ3) is 4.07. The van der Waals surface area contributed by atoms with Crippen LogP contribution in [-0.2, 0) is 9.59 Å². The molecule has 14 heavy (non-hydrogen) atoms. The van der Waals surface area contributed by atoms with Crippen LogP contribution in [-0.4, -0.2) is 25.7 Å². The number of hydrogen-bond donors (Lipinski definition) is 2. The lowest BCUT2D eigenvalue weighted by molar-refractivity contribution is -0.127. The van der Waals surface area contributed by atoms with Crippen LogP contribution in [0.4, 0.5) is 0 Å². The van der Waals surface area contributed by atoms with Gasteiger partial charge in [0.2, 0.25) is 5.78 Å². The number of unbranched alkanes of at least 4 members (excludes halogenated alkanes) is 1. The lowest BCUT2D eigenvalue weighted by Gasteiger charge is -2.10. The summed E-state index contributed by atoms with van der Waals surface area (Å²) in [7, 11) is 1.72. The van der Waals surface area contributed by atoms with Crippen LogP contribution in [0.25, 0.3) is 0 Å². The summed E-state index contributed by atoms with van der Waals surface area (Å²) in [5, 5.41) is 5.80. The van der Waals surface area contributed by atoms with Gasteiger partial charge in [-0.25, -0.2) is 0 Å². The average Bonchev–Trinajstić information content (AvgIpc) is 2.22. The van der Waals surface area contributed by atoms with Gasteiger partial charge in [0.1, 0.15) is 5.70 Å². The third-order valence-electron chi connectivity index (χ3n) is 1.94. The molecule has 80 valence electrons. The molecule has 0 rings (SSSR count). The molecule has 0 spiro atoms. The van der Waals surface area contributed by atoms with E-state index in [0.717, 1.165) is 12.8 Å². The number of carbonyl (C=O) groups is 2. The molecule has 0 atom stereocenters. The Kier molecular flexibility index (Phi) is 6.45. The second-order valence-electron chi connectivity index (χ2n) is 3.01. The lowest BCUT2D eigenvalue weighted by atomic mass is 10.2.